The fourth-order valence-corrected chi connectivity index (χ4v) is 1.77. The monoisotopic (exact) mass is 243 g/mol. The molecule has 0 bridgehead atoms. The zero-order valence-corrected chi connectivity index (χ0v) is 10.8. The Kier molecular flexibility index (Phi) is 4.80. The normalized spacial score (nSPS) is 10.5. The average Bonchev–Trinajstić information content (AvgIpc) is 2.59. The molecule has 0 aliphatic carbocycles. The fourth-order valence-electron chi connectivity index (χ4n) is 1.57. The maximum absolute atomic E-state index is 12.2. The van der Waals surface area contributed by atoms with Crippen molar-refractivity contribution >= 4 is 17.5 Å². The molecule has 0 atom stereocenters. The number of hydrogen-bond acceptors (Lipinski definition) is 2. The van der Waals surface area contributed by atoms with Crippen LogP contribution in [0.4, 0.5) is 0 Å². The van der Waals surface area contributed by atoms with Gasteiger partial charge in [0.25, 0.3) is 5.91 Å². The number of aromatic nitrogens is 2. The summed E-state index contributed by atoms with van der Waals surface area (Å²) < 4.78 is 1.71. The van der Waals surface area contributed by atoms with E-state index in [0.717, 1.165) is 18.7 Å². The van der Waals surface area contributed by atoms with Gasteiger partial charge in [0, 0.05) is 31.7 Å². The van der Waals surface area contributed by atoms with E-state index in [1.807, 2.05) is 20.9 Å². The molecular weight excluding hydrogens is 226 g/mol. The Hall–Kier alpha value is -1.03. The molecule has 1 heterocycles. The van der Waals surface area contributed by atoms with Crippen LogP contribution in [0.1, 0.15) is 29.4 Å². The average molecular weight is 244 g/mol. The third-order valence-corrected chi connectivity index (χ3v) is 2.77. The SMILES string of the molecule is CCCN(CCCl)C(=O)c1cnn(C)c1C. The highest BCUT2D eigenvalue weighted by Gasteiger charge is 2.18. The summed E-state index contributed by atoms with van der Waals surface area (Å²) in [6, 6.07) is 0. The highest BCUT2D eigenvalue weighted by atomic mass is 35.5. The minimum Gasteiger partial charge on any atom is -0.337 e. The van der Waals surface area contributed by atoms with Gasteiger partial charge in [-0.2, -0.15) is 5.10 Å². The second-order valence-corrected chi connectivity index (χ2v) is 4.13. The van der Waals surface area contributed by atoms with Crippen molar-refractivity contribution in [3.8, 4) is 0 Å². The van der Waals surface area contributed by atoms with E-state index in [1.54, 1.807) is 15.8 Å². The maximum atomic E-state index is 12.2. The Morgan fingerprint density at radius 2 is 2.25 bits per heavy atom. The molecule has 0 aliphatic rings. The van der Waals surface area contributed by atoms with Crippen LogP contribution in [0.5, 0.6) is 0 Å². The predicted molar refractivity (Wildman–Crippen MR) is 64.9 cm³/mol. The maximum Gasteiger partial charge on any atom is 0.257 e. The summed E-state index contributed by atoms with van der Waals surface area (Å²) >= 11 is 5.69. The molecule has 0 aliphatic heterocycles. The van der Waals surface area contributed by atoms with Crippen LogP contribution < -0.4 is 0 Å². The van der Waals surface area contributed by atoms with Crippen LogP contribution in [0, 0.1) is 6.92 Å². The van der Waals surface area contributed by atoms with Crippen LogP contribution in [-0.4, -0.2) is 39.6 Å². The number of alkyl halides is 1. The molecule has 0 fully saturated rings. The second kappa shape index (κ2) is 5.89. The van der Waals surface area contributed by atoms with E-state index in [4.69, 9.17) is 11.6 Å². The first kappa shape index (κ1) is 13.0. The van der Waals surface area contributed by atoms with Gasteiger partial charge in [0.05, 0.1) is 11.8 Å². The first-order valence-corrected chi connectivity index (χ1v) is 5.99. The molecule has 1 aromatic heterocycles. The minimum atomic E-state index is 0.0214. The van der Waals surface area contributed by atoms with Gasteiger partial charge in [0.2, 0.25) is 0 Å². The molecule has 0 unspecified atom stereocenters. The zero-order chi connectivity index (χ0) is 12.1. The molecule has 1 aromatic rings. The quantitative estimate of drug-likeness (QED) is 0.740. The Labute approximate surface area is 101 Å². The van der Waals surface area contributed by atoms with Gasteiger partial charge in [-0.25, -0.2) is 0 Å². The predicted octanol–water partition coefficient (Wildman–Crippen LogP) is 1.82. The molecular formula is C11H18ClN3O. The van der Waals surface area contributed by atoms with E-state index in [9.17, 15) is 4.79 Å². The van der Waals surface area contributed by atoms with Gasteiger partial charge >= 0.3 is 0 Å². The van der Waals surface area contributed by atoms with Crippen molar-refractivity contribution in [3.05, 3.63) is 17.5 Å². The van der Waals surface area contributed by atoms with Crippen molar-refractivity contribution in [2.75, 3.05) is 19.0 Å². The van der Waals surface area contributed by atoms with E-state index in [1.165, 1.54) is 0 Å². The van der Waals surface area contributed by atoms with Gasteiger partial charge in [-0.1, -0.05) is 6.92 Å². The smallest absolute Gasteiger partial charge is 0.257 e. The number of carbonyl (C=O) groups is 1. The Balaban J connectivity index is 2.85. The third-order valence-electron chi connectivity index (χ3n) is 2.60. The molecule has 0 saturated carbocycles. The molecule has 16 heavy (non-hydrogen) atoms. The van der Waals surface area contributed by atoms with E-state index in [0.29, 0.717) is 18.0 Å². The number of nitrogens with zero attached hydrogens (tertiary/aromatic N) is 3. The lowest BCUT2D eigenvalue weighted by molar-refractivity contribution is 0.0764. The van der Waals surface area contributed by atoms with Crippen LogP contribution in [0.3, 0.4) is 0 Å². The summed E-state index contributed by atoms with van der Waals surface area (Å²) in [4.78, 5) is 13.9. The molecule has 0 aromatic carbocycles. The summed E-state index contributed by atoms with van der Waals surface area (Å²) in [5.74, 6) is 0.485. The Morgan fingerprint density at radius 3 is 2.69 bits per heavy atom. The highest BCUT2D eigenvalue weighted by molar-refractivity contribution is 6.18. The minimum absolute atomic E-state index is 0.0214. The lowest BCUT2D eigenvalue weighted by atomic mass is 10.2. The number of rotatable bonds is 5. The van der Waals surface area contributed by atoms with E-state index in [-0.39, 0.29) is 5.91 Å². The van der Waals surface area contributed by atoms with Gasteiger partial charge < -0.3 is 4.90 Å². The first-order valence-electron chi connectivity index (χ1n) is 5.45. The summed E-state index contributed by atoms with van der Waals surface area (Å²) in [6.07, 6.45) is 2.55. The van der Waals surface area contributed by atoms with Crippen LogP contribution in [0.2, 0.25) is 0 Å². The largest absolute Gasteiger partial charge is 0.337 e. The topological polar surface area (TPSA) is 38.1 Å². The number of carbonyl (C=O) groups excluding carboxylic acids is 1. The van der Waals surface area contributed by atoms with Crippen molar-refractivity contribution in [2.45, 2.75) is 20.3 Å². The van der Waals surface area contributed by atoms with Crippen LogP contribution >= 0.6 is 11.6 Å². The van der Waals surface area contributed by atoms with E-state index >= 15 is 0 Å². The van der Waals surface area contributed by atoms with E-state index < -0.39 is 0 Å². The molecule has 4 nitrogen and oxygen atoms in total. The Morgan fingerprint density at radius 1 is 1.56 bits per heavy atom. The summed E-state index contributed by atoms with van der Waals surface area (Å²) in [5.41, 5.74) is 1.56. The van der Waals surface area contributed by atoms with Crippen molar-refractivity contribution < 1.29 is 4.79 Å². The van der Waals surface area contributed by atoms with Gasteiger partial charge in [-0.3, -0.25) is 9.48 Å². The molecule has 5 heteroatoms. The molecule has 0 N–H and O–H groups in total. The van der Waals surface area contributed by atoms with Crippen molar-refractivity contribution in [3.63, 3.8) is 0 Å². The van der Waals surface area contributed by atoms with Crippen LogP contribution in [0.15, 0.2) is 6.20 Å². The van der Waals surface area contributed by atoms with Crippen LogP contribution in [-0.2, 0) is 7.05 Å². The number of halogens is 1. The van der Waals surface area contributed by atoms with Crippen LogP contribution in [0.25, 0.3) is 0 Å². The van der Waals surface area contributed by atoms with Crippen molar-refractivity contribution in [1.29, 1.82) is 0 Å². The van der Waals surface area contributed by atoms with Gasteiger partial charge in [-0.05, 0) is 13.3 Å². The summed E-state index contributed by atoms with van der Waals surface area (Å²) in [5, 5.41) is 4.08. The van der Waals surface area contributed by atoms with E-state index in [2.05, 4.69) is 5.10 Å². The molecule has 90 valence electrons. The Bertz CT molecular complexity index is 356. The highest BCUT2D eigenvalue weighted by Crippen LogP contribution is 2.10. The summed E-state index contributed by atoms with van der Waals surface area (Å²) in [6.45, 7) is 5.26. The second-order valence-electron chi connectivity index (χ2n) is 3.75. The molecule has 0 spiro atoms. The lowest BCUT2D eigenvalue weighted by Crippen LogP contribution is -2.33. The standard InChI is InChI=1S/C11H18ClN3O/c1-4-6-15(7-5-12)11(16)10-8-13-14(3)9(10)2/h8H,4-7H2,1-3H3. The third kappa shape index (κ3) is 2.76. The number of hydrogen-bond donors (Lipinski definition) is 0. The lowest BCUT2D eigenvalue weighted by Gasteiger charge is -2.20. The number of amides is 1. The molecule has 0 radical (unpaired) electrons. The number of aryl methyl sites for hydroxylation is 1. The summed E-state index contributed by atoms with van der Waals surface area (Å²) in [7, 11) is 1.83. The van der Waals surface area contributed by atoms with Crippen molar-refractivity contribution in [2.24, 2.45) is 7.05 Å². The molecule has 1 rings (SSSR count). The molecule has 1 amide bonds. The van der Waals surface area contributed by atoms with Gasteiger partial charge in [0.1, 0.15) is 0 Å². The molecule has 0 saturated heterocycles. The zero-order valence-electron chi connectivity index (χ0n) is 10.0. The van der Waals surface area contributed by atoms with Crippen molar-refractivity contribution in [1.82, 2.24) is 14.7 Å². The first-order chi connectivity index (χ1) is 7.61. The fraction of sp³-hybridized carbons (Fsp3) is 0.636. The van der Waals surface area contributed by atoms with Gasteiger partial charge in [0.15, 0.2) is 0 Å². The van der Waals surface area contributed by atoms with Gasteiger partial charge in [-0.15, -0.1) is 11.6 Å².